The lowest BCUT2D eigenvalue weighted by atomic mass is 10.0. The number of aldehydes is 1. The molecule has 0 aliphatic rings. The van der Waals surface area contributed by atoms with Gasteiger partial charge in [-0.25, -0.2) is 9.59 Å². The van der Waals surface area contributed by atoms with Gasteiger partial charge in [0.25, 0.3) is 5.91 Å². The lowest BCUT2D eigenvalue weighted by Crippen LogP contribution is -2.24. The van der Waals surface area contributed by atoms with Crippen LogP contribution in [0.3, 0.4) is 0 Å². The zero-order valence-corrected chi connectivity index (χ0v) is 19.6. The van der Waals surface area contributed by atoms with Crippen LogP contribution in [0, 0.1) is 0 Å². The van der Waals surface area contributed by atoms with E-state index in [9.17, 15) is 19.2 Å². The number of amides is 1. The van der Waals surface area contributed by atoms with Gasteiger partial charge in [0.2, 0.25) is 0 Å². The van der Waals surface area contributed by atoms with E-state index < -0.39 is 31.1 Å². The zero-order valence-electron chi connectivity index (χ0n) is 18.0. The van der Waals surface area contributed by atoms with Crippen LogP contribution in [0.4, 0.5) is 5.00 Å². The van der Waals surface area contributed by atoms with Crippen LogP contribution in [0.15, 0.2) is 53.9 Å². The molecule has 1 amide bonds. The third-order valence-electron chi connectivity index (χ3n) is 4.44. The van der Waals surface area contributed by atoms with Gasteiger partial charge in [0, 0.05) is 21.5 Å². The number of rotatable bonds is 10. The molecule has 3 rings (SSSR count). The number of thiophene rings is 1. The van der Waals surface area contributed by atoms with E-state index in [-0.39, 0.29) is 28.5 Å². The van der Waals surface area contributed by atoms with Crippen molar-refractivity contribution in [2.45, 2.75) is 6.92 Å². The Hall–Kier alpha value is -3.69. The second-order valence-electron chi connectivity index (χ2n) is 6.71. The van der Waals surface area contributed by atoms with Crippen LogP contribution in [-0.4, -0.2) is 44.0 Å². The summed E-state index contributed by atoms with van der Waals surface area (Å²) in [5.74, 6) is -1.85. The molecule has 10 heteroatoms. The zero-order chi connectivity index (χ0) is 24.5. The number of carbonyl (C=O) groups is 4. The number of para-hydroxylation sites is 1. The van der Waals surface area contributed by atoms with Crippen LogP contribution in [0.2, 0.25) is 5.02 Å². The summed E-state index contributed by atoms with van der Waals surface area (Å²) >= 11 is 7.40. The van der Waals surface area contributed by atoms with Crippen molar-refractivity contribution in [3.05, 3.63) is 70.1 Å². The summed E-state index contributed by atoms with van der Waals surface area (Å²) in [5, 5.41) is 4.95. The van der Waals surface area contributed by atoms with E-state index in [4.69, 9.17) is 25.8 Å². The minimum Gasteiger partial charge on any atom is -0.481 e. The van der Waals surface area contributed by atoms with Gasteiger partial charge in [0.05, 0.1) is 12.2 Å². The molecule has 0 spiro atoms. The van der Waals surface area contributed by atoms with Crippen molar-refractivity contribution in [1.82, 2.24) is 0 Å². The number of anilines is 1. The van der Waals surface area contributed by atoms with Crippen LogP contribution in [0.25, 0.3) is 11.1 Å². The number of nitrogens with one attached hydrogen (secondary N) is 1. The standard InChI is InChI=1S/C24H20ClNO7S/c1-2-31-24(30)22-17(16-8-4-5-9-18(16)25)14-34-23(22)26-20(28)12-33-21(29)13-32-19-10-6-3-7-15(19)11-27/h3-11,14H,2,12-13H2,1H3,(H,26,28). The van der Waals surface area contributed by atoms with Gasteiger partial charge in [-0.05, 0) is 25.1 Å². The largest absolute Gasteiger partial charge is 0.481 e. The highest BCUT2D eigenvalue weighted by molar-refractivity contribution is 7.15. The first kappa shape index (κ1) is 24.9. The highest BCUT2D eigenvalue weighted by Crippen LogP contribution is 2.39. The molecule has 1 heterocycles. The summed E-state index contributed by atoms with van der Waals surface area (Å²) in [4.78, 5) is 48.0. The minimum absolute atomic E-state index is 0.148. The third-order valence-corrected chi connectivity index (χ3v) is 5.67. The van der Waals surface area contributed by atoms with Crippen molar-refractivity contribution in [2.75, 3.05) is 25.1 Å². The molecule has 0 fully saturated rings. The van der Waals surface area contributed by atoms with E-state index in [1.807, 2.05) is 0 Å². The quantitative estimate of drug-likeness (QED) is 0.319. The van der Waals surface area contributed by atoms with E-state index in [0.29, 0.717) is 22.4 Å². The maximum atomic E-state index is 12.6. The number of hydrogen-bond donors (Lipinski definition) is 1. The van der Waals surface area contributed by atoms with Crippen molar-refractivity contribution in [2.24, 2.45) is 0 Å². The monoisotopic (exact) mass is 501 g/mol. The van der Waals surface area contributed by atoms with Crippen molar-refractivity contribution >= 4 is 52.1 Å². The van der Waals surface area contributed by atoms with Crippen LogP contribution in [-0.2, 0) is 19.1 Å². The van der Waals surface area contributed by atoms with Gasteiger partial charge in [0.15, 0.2) is 19.5 Å². The van der Waals surface area contributed by atoms with Crippen molar-refractivity contribution < 1.29 is 33.4 Å². The summed E-state index contributed by atoms with van der Waals surface area (Å²) in [6.07, 6.45) is 0.604. The van der Waals surface area contributed by atoms with E-state index in [2.05, 4.69) is 5.32 Å². The van der Waals surface area contributed by atoms with Gasteiger partial charge in [-0.15, -0.1) is 11.3 Å². The Kier molecular flexibility index (Phi) is 8.78. The molecule has 3 aromatic rings. The molecular formula is C24H20ClNO7S. The average molecular weight is 502 g/mol. The molecule has 0 unspecified atom stereocenters. The molecule has 0 saturated heterocycles. The Labute approximate surface area is 204 Å². The highest BCUT2D eigenvalue weighted by atomic mass is 35.5. The first-order valence-electron chi connectivity index (χ1n) is 10.1. The second kappa shape index (κ2) is 12.0. The number of ether oxygens (including phenoxy) is 3. The molecule has 176 valence electrons. The molecule has 0 atom stereocenters. The molecule has 1 aromatic heterocycles. The minimum atomic E-state index is -0.801. The molecule has 0 aliphatic carbocycles. The smallest absolute Gasteiger partial charge is 0.344 e. The summed E-state index contributed by atoms with van der Waals surface area (Å²) in [6.45, 7) is 0.739. The van der Waals surface area contributed by atoms with Gasteiger partial charge in [-0.1, -0.05) is 41.9 Å². The molecule has 8 nitrogen and oxygen atoms in total. The van der Waals surface area contributed by atoms with Gasteiger partial charge >= 0.3 is 11.9 Å². The Morgan fingerprint density at radius 3 is 2.47 bits per heavy atom. The summed E-state index contributed by atoms with van der Waals surface area (Å²) in [7, 11) is 0. The van der Waals surface area contributed by atoms with E-state index in [1.165, 1.54) is 6.07 Å². The van der Waals surface area contributed by atoms with Crippen LogP contribution in [0.1, 0.15) is 27.6 Å². The molecule has 1 N–H and O–H groups in total. The first-order chi connectivity index (χ1) is 16.4. The fraction of sp³-hybridized carbons (Fsp3) is 0.167. The fourth-order valence-corrected chi connectivity index (χ4v) is 4.13. The number of carbonyl (C=O) groups excluding carboxylic acids is 4. The molecule has 0 saturated carbocycles. The summed E-state index contributed by atoms with van der Waals surface area (Å²) < 4.78 is 15.4. The van der Waals surface area contributed by atoms with Gasteiger partial charge in [0.1, 0.15) is 16.3 Å². The Morgan fingerprint density at radius 1 is 1.00 bits per heavy atom. The molecule has 0 bridgehead atoms. The first-order valence-corrected chi connectivity index (χ1v) is 11.4. The van der Waals surface area contributed by atoms with E-state index >= 15 is 0 Å². The normalized spacial score (nSPS) is 10.3. The molecule has 0 radical (unpaired) electrons. The van der Waals surface area contributed by atoms with E-state index in [0.717, 1.165) is 11.3 Å². The Balaban J connectivity index is 1.65. The summed E-state index contributed by atoms with van der Waals surface area (Å²) in [5.41, 5.74) is 1.58. The lowest BCUT2D eigenvalue weighted by Gasteiger charge is -2.10. The van der Waals surface area contributed by atoms with Crippen molar-refractivity contribution in [3.63, 3.8) is 0 Å². The van der Waals surface area contributed by atoms with Crippen LogP contribution < -0.4 is 10.1 Å². The fourth-order valence-electron chi connectivity index (χ4n) is 2.93. The topological polar surface area (TPSA) is 108 Å². The Morgan fingerprint density at radius 2 is 1.74 bits per heavy atom. The second-order valence-corrected chi connectivity index (χ2v) is 7.99. The van der Waals surface area contributed by atoms with Gasteiger partial charge in [-0.2, -0.15) is 0 Å². The average Bonchev–Trinajstić information content (AvgIpc) is 3.25. The summed E-state index contributed by atoms with van der Waals surface area (Å²) in [6, 6.07) is 13.4. The maximum Gasteiger partial charge on any atom is 0.344 e. The van der Waals surface area contributed by atoms with E-state index in [1.54, 1.807) is 54.8 Å². The predicted octanol–water partition coefficient (Wildman–Crippen LogP) is 4.62. The van der Waals surface area contributed by atoms with Crippen molar-refractivity contribution in [1.29, 1.82) is 0 Å². The maximum absolute atomic E-state index is 12.6. The number of esters is 2. The van der Waals surface area contributed by atoms with Crippen LogP contribution in [0.5, 0.6) is 5.75 Å². The number of hydrogen-bond acceptors (Lipinski definition) is 8. The number of halogens is 1. The van der Waals surface area contributed by atoms with Crippen LogP contribution >= 0.6 is 22.9 Å². The predicted molar refractivity (Wildman–Crippen MR) is 128 cm³/mol. The Bertz CT molecular complexity index is 1210. The van der Waals surface area contributed by atoms with Gasteiger partial charge in [-0.3, -0.25) is 9.59 Å². The number of benzene rings is 2. The lowest BCUT2D eigenvalue weighted by molar-refractivity contribution is -0.149. The molecule has 34 heavy (non-hydrogen) atoms. The molecule has 0 aliphatic heterocycles. The SMILES string of the molecule is CCOC(=O)c1c(-c2ccccc2Cl)csc1NC(=O)COC(=O)COc1ccccc1C=O. The molecule has 2 aromatic carbocycles. The van der Waals surface area contributed by atoms with Crippen molar-refractivity contribution in [3.8, 4) is 16.9 Å². The third kappa shape index (κ3) is 6.21. The molecular weight excluding hydrogens is 482 g/mol. The highest BCUT2D eigenvalue weighted by Gasteiger charge is 2.24. The van der Waals surface area contributed by atoms with Gasteiger partial charge < -0.3 is 19.5 Å².